The number of ether oxygens (including phenoxy) is 1. The van der Waals surface area contributed by atoms with Gasteiger partial charge in [0.25, 0.3) is 0 Å². The molecule has 0 unspecified atom stereocenters. The molecule has 28 heavy (non-hydrogen) atoms. The minimum Gasteiger partial charge on any atom is -0.481 e. The third-order valence-electron chi connectivity index (χ3n) is 4.51. The molecule has 4 aromatic rings. The topological polar surface area (TPSA) is 51.5 Å². The first-order valence-corrected chi connectivity index (χ1v) is 8.89. The molecule has 0 saturated carbocycles. The largest absolute Gasteiger partial charge is 0.481 e. The maximum absolute atomic E-state index is 13.0. The Bertz CT molecular complexity index is 1130. The number of carboxylic acid groups (broad SMARTS) is 1. The summed E-state index contributed by atoms with van der Waals surface area (Å²) in [5.74, 6) is 0.0652. The average molecular weight is 375 g/mol. The minimum absolute atomic E-state index is 0.0127. The van der Waals surface area contributed by atoms with E-state index in [-0.39, 0.29) is 12.2 Å². The van der Waals surface area contributed by atoms with Crippen molar-refractivity contribution in [3.8, 4) is 11.5 Å². The van der Waals surface area contributed by atoms with Crippen LogP contribution in [0.2, 0.25) is 0 Å². The molecule has 0 radical (unpaired) electrons. The Balaban J connectivity index is 1.61. The Hall–Kier alpha value is -3.60. The van der Waals surface area contributed by atoms with Gasteiger partial charge in [0.2, 0.25) is 0 Å². The fourth-order valence-corrected chi connectivity index (χ4v) is 3.30. The molecule has 4 nitrogen and oxygen atoms in total. The molecule has 140 valence electrons. The van der Waals surface area contributed by atoms with Gasteiger partial charge in [-0.3, -0.25) is 4.79 Å². The van der Waals surface area contributed by atoms with Gasteiger partial charge < -0.3 is 14.4 Å². The molecule has 3 aromatic carbocycles. The summed E-state index contributed by atoms with van der Waals surface area (Å²) < 4.78 is 20.9. The number of rotatable bonds is 6. The average Bonchev–Trinajstić information content (AvgIpc) is 3.01. The van der Waals surface area contributed by atoms with Crippen LogP contribution in [0, 0.1) is 5.82 Å². The van der Waals surface area contributed by atoms with Crippen LogP contribution in [-0.4, -0.2) is 15.6 Å². The van der Waals surface area contributed by atoms with Gasteiger partial charge in [-0.05, 0) is 53.6 Å². The Kier molecular flexibility index (Phi) is 4.81. The van der Waals surface area contributed by atoms with Crippen molar-refractivity contribution in [2.45, 2.75) is 13.0 Å². The van der Waals surface area contributed by atoms with Gasteiger partial charge in [-0.15, -0.1) is 0 Å². The molecule has 0 aliphatic rings. The zero-order chi connectivity index (χ0) is 19.5. The predicted octanol–water partition coefficient (Wildman–Crippen LogP) is 5.25. The summed E-state index contributed by atoms with van der Waals surface area (Å²) in [5.41, 5.74) is 2.80. The van der Waals surface area contributed by atoms with E-state index in [2.05, 4.69) is 0 Å². The molecule has 0 aliphatic heterocycles. The fraction of sp³-hybridized carbons (Fsp3) is 0.0870. The van der Waals surface area contributed by atoms with Gasteiger partial charge in [-0.25, -0.2) is 4.39 Å². The molecule has 0 bridgehead atoms. The molecule has 1 heterocycles. The summed E-state index contributed by atoms with van der Waals surface area (Å²) in [6, 6.07) is 21.3. The van der Waals surface area contributed by atoms with Gasteiger partial charge >= 0.3 is 5.97 Å². The second-order valence-corrected chi connectivity index (χ2v) is 6.57. The van der Waals surface area contributed by atoms with E-state index in [9.17, 15) is 9.18 Å². The number of hydrogen-bond acceptors (Lipinski definition) is 2. The van der Waals surface area contributed by atoms with E-state index < -0.39 is 5.97 Å². The van der Waals surface area contributed by atoms with Crippen LogP contribution in [0.25, 0.3) is 10.9 Å². The van der Waals surface area contributed by atoms with E-state index in [1.165, 1.54) is 12.1 Å². The van der Waals surface area contributed by atoms with Gasteiger partial charge in [0, 0.05) is 23.6 Å². The lowest BCUT2D eigenvalue weighted by Crippen LogP contribution is -2.00. The van der Waals surface area contributed by atoms with Crippen molar-refractivity contribution >= 4 is 16.9 Å². The van der Waals surface area contributed by atoms with Crippen LogP contribution < -0.4 is 4.74 Å². The smallest absolute Gasteiger partial charge is 0.307 e. The lowest BCUT2D eigenvalue weighted by atomic mass is 10.1. The lowest BCUT2D eigenvalue weighted by Gasteiger charge is -2.09. The maximum Gasteiger partial charge on any atom is 0.307 e. The minimum atomic E-state index is -0.849. The highest BCUT2D eigenvalue weighted by atomic mass is 19.1. The van der Waals surface area contributed by atoms with Crippen LogP contribution in [0.1, 0.15) is 11.1 Å². The molecular weight excluding hydrogens is 357 g/mol. The summed E-state index contributed by atoms with van der Waals surface area (Å²) in [7, 11) is 0. The summed E-state index contributed by atoms with van der Waals surface area (Å²) in [6.45, 7) is 0.584. The van der Waals surface area contributed by atoms with E-state index in [1.807, 2.05) is 59.3 Å². The van der Waals surface area contributed by atoms with Crippen molar-refractivity contribution in [3.63, 3.8) is 0 Å². The van der Waals surface area contributed by atoms with Crippen molar-refractivity contribution < 1.29 is 19.0 Å². The first-order valence-electron chi connectivity index (χ1n) is 8.89. The first kappa shape index (κ1) is 17.8. The highest BCUT2D eigenvalue weighted by Gasteiger charge is 2.11. The quantitative estimate of drug-likeness (QED) is 0.501. The van der Waals surface area contributed by atoms with Gasteiger partial charge in [0.15, 0.2) is 0 Å². The van der Waals surface area contributed by atoms with Crippen LogP contribution in [0.4, 0.5) is 4.39 Å². The van der Waals surface area contributed by atoms with Crippen molar-refractivity contribution in [1.29, 1.82) is 0 Å². The van der Waals surface area contributed by atoms with E-state index in [4.69, 9.17) is 9.84 Å². The maximum atomic E-state index is 13.0. The Morgan fingerprint density at radius 2 is 1.75 bits per heavy atom. The molecule has 1 aromatic heterocycles. The Morgan fingerprint density at radius 1 is 0.964 bits per heavy atom. The van der Waals surface area contributed by atoms with Crippen molar-refractivity contribution in [3.05, 3.63) is 95.9 Å². The van der Waals surface area contributed by atoms with Gasteiger partial charge in [-0.1, -0.05) is 30.3 Å². The van der Waals surface area contributed by atoms with Crippen LogP contribution in [0.5, 0.6) is 11.5 Å². The molecule has 0 amide bonds. The molecule has 4 rings (SSSR count). The standard InChI is InChI=1S/C23H18FNO3/c24-18-8-10-19(11-9-18)28-20-5-3-4-16(12-20)14-25-15-17(13-23(26)27)21-6-1-2-7-22(21)25/h1-12,15H,13-14H2,(H,26,27). The van der Waals surface area contributed by atoms with E-state index >= 15 is 0 Å². The Morgan fingerprint density at radius 3 is 2.54 bits per heavy atom. The van der Waals surface area contributed by atoms with Gasteiger partial charge in [0.1, 0.15) is 17.3 Å². The lowest BCUT2D eigenvalue weighted by molar-refractivity contribution is -0.136. The number of hydrogen-bond donors (Lipinski definition) is 1. The van der Waals surface area contributed by atoms with Crippen LogP contribution in [0.15, 0.2) is 79.0 Å². The second-order valence-electron chi connectivity index (χ2n) is 6.57. The van der Waals surface area contributed by atoms with E-state index in [1.54, 1.807) is 12.1 Å². The number of para-hydroxylation sites is 1. The van der Waals surface area contributed by atoms with Crippen molar-refractivity contribution in [2.75, 3.05) is 0 Å². The molecule has 0 fully saturated rings. The van der Waals surface area contributed by atoms with Gasteiger partial charge in [0.05, 0.1) is 6.42 Å². The molecule has 1 N–H and O–H groups in total. The van der Waals surface area contributed by atoms with Gasteiger partial charge in [-0.2, -0.15) is 0 Å². The molecule has 0 saturated heterocycles. The highest BCUT2D eigenvalue weighted by Crippen LogP contribution is 2.26. The molecular formula is C23H18FNO3. The van der Waals surface area contributed by atoms with E-state index in [0.29, 0.717) is 18.0 Å². The summed E-state index contributed by atoms with van der Waals surface area (Å²) in [6.07, 6.45) is 1.88. The fourth-order valence-electron chi connectivity index (χ4n) is 3.30. The monoisotopic (exact) mass is 375 g/mol. The summed E-state index contributed by atoms with van der Waals surface area (Å²) in [5, 5.41) is 10.1. The van der Waals surface area contributed by atoms with Crippen molar-refractivity contribution in [1.82, 2.24) is 4.57 Å². The van der Waals surface area contributed by atoms with Crippen LogP contribution >= 0.6 is 0 Å². The number of halogens is 1. The zero-order valence-corrected chi connectivity index (χ0v) is 15.0. The zero-order valence-electron chi connectivity index (χ0n) is 15.0. The molecule has 0 spiro atoms. The predicted molar refractivity (Wildman–Crippen MR) is 105 cm³/mol. The summed E-state index contributed by atoms with van der Waals surface area (Å²) in [4.78, 5) is 11.2. The number of fused-ring (bicyclic) bond motifs is 1. The number of aromatic nitrogens is 1. The number of carbonyl (C=O) groups is 1. The number of nitrogens with zero attached hydrogens (tertiary/aromatic N) is 1. The molecule has 0 atom stereocenters. The second kappa shape index (κ2) is 7.56. The number of benzene rings is 3. The molecule has 5 heteroatoms. The summed E-state index contributed by atoms with van der Waals surface area (Å²) >= 11 is 0. The van der Waals surface area contributed by atoms with Crippen LogP contribution in [-0.2, 0) is 17.8 Å². The number of aliphatic carboxylic acids is 1. The van der Waals surface area contributed by atoms with Crippen molar-refractivity contribution in [2.24, 2.45) is 0 Å². The highest BCUT2D eigenvalue weighted by molar-refractivity contribution is 5.87. The first-order chi connectivity index (χ1) is 13.6. The van der Waals surface area contributed by atoms with E-state index in [0.717, 1.165) is 22.0 Å². The Labute approximate surface area is 161 Å². The third-order valence-corrected chi connectivity index (χ3v) is 4.51. The normalized spacial score (nSPS) is 10.9. The SMILES string of the molecule is O=C(O)Cc1cn(Cc2cccc(Oc3ccc(F)cc3)c2)c2ccccc12. The molecule has 0 aliphatic carbocycles. The third kappa shape index (κ3) is 3.88. The van der Waals surface area contributed by atoms with Crippen LogP contribution in [0.3, 0.4) is 0 Å². The number of carboxylic acids is 1.